The number of hydrogen-bond donors (Lipinski definition) is 7. The lowest BCUT2D eigenvalue weighted by Gasteiger charge is -2.41. The van der Waals surface area contributed by atoms with Gasteiger partial charge in [-0.05, 0) is 43.7 Å². The number of aliphatic hydroxyl groups excluding tert-OH is 1. The molecule has 1 aliphatic heterocycles. The number of urea groups is 1. The molecule has 270 valence electrons. The summed E-state index contributed by atoms with van der Waals surface area (Å²) < 4.78 is 5.82. The number of ether oxygens (including phenoxy) is 1. The van der Waals surface area contributed by atoms with Crippen LogP contribution < -0.4 is 15.4 Å². The van der Waals surface area contributed by atoms with Crippen LogP contribution in [0.2, 0.25) is 0 Å². The molecular formula is C38H49N3O9. The van der Waals surface area contributed by atoms with E-state index < -0.39 is 72.8 Å². The third-order valence-electron chi connectivity index (χ3n) is 9.24. The number of nitrogens with one attached hydrogen (secondary N) is 2. The first kappa shape index (κ1) is 38.5. The van der Waals surface area contributed by atoms with Gasteiger partial charge >= 0.3 is 6.03 Å². The fraction of sp³-hybridized carbons (Fsp3) is 0.447. The highest BCUT2D eigenvalue weighted by Crippen LogP contribution is 2.36. The maximum absolute atomic E-state index is 13.9. The van der Waals surface area contributed by atoms with E-state index in [4.69, 9.17) is 4.74 Å². The molecule has 1 heterocycles. The largest absolute Gasteiger partial charge is 0.485 e. The van der Waals surface area contributed by atoms with Crippen LogP contribution in [0.4, 0.5) is 4.79 Å². The van der Waals surface area contributed by atoms with E-state index in [0.29, 0.717) is 25.3 Å². The summed E-state index contributed by atoms with van der Waals surface area (Å²) in [5.41, 5.74) is 1.60. The highest BCUT2D eigenvalue weighted by Gasteiger charge is 2.47. The molecule has 7 N–H and O–H groups in total. The summed E-state index contributed by atoms with van der Waals surface area (Å²) in [5.74, 6) is -8.28. The molecule has 3 aromatic rings. The molecule has 3 aromatic carbocycles. The first-order valence-corrected chi connectivity index (χ1v) is 16.9. The Morgan fingerprint density at radius 1 is 0.880 bits per heavy atom. The van der Waals surface area contributed by atoms with E-state index in [1.165, 1.54) is 29.2 Å². The van der Waals surface area contributed by atoms with Crippen LogP contribution in [-0.4, -0.2) is 86.0 Å². The minimum absolute atomic E-state index is 0.00796. The van der Waals surface area contributed by atoms with Gasteiger partial charge in [0.25, 0.3) is 0 Å². The van der Waals surface area contributed by atoms with Gasteiger partial charge in [0.15, 0.2) is 11.6 Å². The zero-order chi connectivity index (χ0) is 36.6. The minimum atomic E-state index is -2.77. The standard InChI is InChI=1S/C38H49N3O9/c1-24(2)33(41-20-12-19-39-36(41)45)35(44)40-32(38(48,49)28-17-9-6-10-18-28)22-31(43)30(37(46,47)27-15-7-5-8-16-27)21-29(42)23-50-34-25(3)13-11-14-26(34)4/h5-11,13-18,24,30-33,43,46-49H,12,19-23H2,1-4H3,(H,39,45)(H,40,44). The maximum Gasteiger partial charge on any atom is 0.318 e. The predicted molar refractivity (Wildman–Crippen MR) is 186 cm³/mol. The summed E-state index contributed by atoms with van der Waals surface area (Å²) in [5, 5.41) is 63.5. The average molecular weight is 692 g/mol. The molecule has 0 spiro atoms. The third kappa shape index (κ3) is 9.06. The molecule has 0 aromatic heterocycles. The number of aryl methyl sites for hydroxylation is 2. The number of nitrogens with zero attached hydrogens (tertiary/aromatic N) is 1. The number of amides is 3. The highest BCUT2D eigenvalue weighted by molar-refractivity contribution is 5.88. The third-order valence-corrected chi connectivity index (χ3v) is 9.24. The zero-order valence-electron chi connectivity index (χ0n) is 29.0. The average Bonchev–Trinajstić information content (AvgIpc) is 3.08. The molecule has 4 atom stereocenters. The van der Waals surface area contributed by atoms with Crippen molar-refractivity contribution in [2.75, 3.05) is 19.7 Å². The van der Waals surface area contributed by atoms with E-state index in [1.54, 1.807) is 50.2 Å². The van der Waals surface area contributed by atoms with Gasteiger partial charge in [-0.3, -0.25) is 9.59 Å². The molecule has 0 aliphatic carbocycles. The molecule has 3 amide bonds. The Balaban J connectivity index is 1.67. The molecule has 12 heteroatoms. The monoisotopic (exact) mass is 691 g/mol. The maximum atomic E-state index is 13.9. The number of carbonyl (C=O) groups excluding carboxylic acids is 3. The van der Waals surface area contributed by atoms with Crippen molar-refractivity contribution in [2.45, 2.75) is 76.7 Å². The Morgan fingerprint density at radius 2 is 1.44 bits per heavy atom. The molecule has 0 saturated carbocycles. The van der Waals surface area contributed by atoms with Gasteiger partial charge in [0.1, 0.15) is 18.4 Å². The van der Waals surface area contributed by atoms with Gasteiger partial charge in [-0.25, -0.2) is 4.79 Å². The van der Waals surface area contributed by atoms with Crippen LogP contribution in [0.5, 0.6) is 5.75 Å². The molecule has 1 fully saturated rings. The lowest BCUT2D eigenvalue weighted by molar-refractivity contribution is -0.241. The van der Waals surface area contributed by atoms with Gasteiger partial charge in [-0.1, -0.05) is 92.7 Å². The van der Waals surface area contributed by atoms with Crippen molar-refractivity contribution in [2.24, 2.45) is 11.8 Å². The van der Waals surface area contributed by atoms with Gasteiger partial charge < -0.3 is 45.8 Å². The molecule has 4 rings (SSSR count). The number of rotatable bonds is 16. The fourth-order valence-corrected chi connectivity index (χ4v) is 6.52. The molecule has 1 aliphatic rings. The van der Waals surface area contributed by atoms with E-state index in [-0.39, 0.29) is 17.0 Å². The molecule has 0 radical (unpaired) electrons. The molecule has 50 heavy (non-hydrogen) atoms. The van der Waals surface area contributed by atoms with Gasteiger partial charge in [0, 0.05) is 30.6 Å². The van der Waals surface area contributed by atoms with Crippen molar-refractivity contribution in [1.82, 2.24) is 15.5 Å². The normalized spacial score (nSPS) is 16.3. The van der Waals surface area contributed by atoms with Crippen LogP contribution in [0.3, 0.4) is 0 Å². The Hall–Kier alpha value is -4.33. The number of hydrogen-bond acceptors (Lipinski definition) is 9. The van der Waals surface area contributed by atoms with E-state index in [1.807, 2.05) is 32.0 Å². The second kappa shape index (κ2) is 16.6. The number of carbonyl (C=O) groups is 3. The lowest BCUT2D eigenvalue weighted by atomic mass is 9.80. The van der Waals surface area contributed by atoms with Gasteiger partial charge in [0.05, 0.1) is 18.1 Å². The smallest absolute Gasteiger partial charge is 0.318 e. The summed E-state index contributed by atoms with van der Waals surface area (Å²) >= 11 is 0. The quantitative estimate of drug-likeness (QED) is 0.111. The van der Waals surface area contributed by atoms with Crippen LogP contribution in [0.15, 0.2) is 78.9 Å². The van der Waals surface area contributed by atoms with Crippen molar-refractivity contribution in [3.63, 3.8) is 0 Å². The second-order valence-corrected chi connectivity index (χ2v) is 13.4. The molecule has 0 bridgehead atoms. The van der Waals surface area contributed by atoms with E-state index in [9.17, 15) is 39.9 Å². The van der Waals surface area contributed by atoms with E-state index >= 15 is 0 Å². The number of ketones is 1. The summed E-state index contributed by atoms with van der Waals surface area (Å²) in [6.45, 7) is 7.52. The summed E-state index contributed by atoms with van der Waals surface area (Å²) in [4.78, 5) is 41.5. The molecule has 12 nitrogen and oxygen atoms in total. The Bertz CT molecular complexity index is 1580. The predicted octanol–water partition coefficient (Wildman–Crippen LogP) is 2.61. The second-order valence-electron chi connectivity index (χ2n) is 13.4. The van der Waals surface area contributed by atoms with Gasteiger partial charge in [-0.15, -0.1) is 0 Å². The Labute approximate surface area is 292 Å². The SMILES string of the molecule is Cc1cccc(C)c1OCC(=O)CC(C(O)CC(NC(=O)C(C(C)C)N1CCCNC1=O)C(O)(O)c1ccccc1)C(O)(O)c1ccccc1. The fourth-order valence-electron chi connectivity index (χ4n) is 6.52. The number of Topliss-reactive ketones (excluding diaryl/α,β-unsaturated/α-hetero) is 1. The summed E-state index contributed by atoms with van der Waals surface area (Å²) in [6.07, 6.45) is -2.39. The summed E-state index contributed by atoms with van der Waals surface area (Å²) in [7, 11) is 0. The first-order chi connectivity index (χ1) is 23.6. The van der Waals surface area contributed by atoms with Crippen LogP contribution >= 0.6 is 0 Å². The summed E-state index contributed by atoms with van der Waals surface area (Å²) in [6, 6.07) is 17.8. The number of aliphatic hydroxyl groups is 5. The highest BCUT2D eigenvalue weighted by atomic mass is 16.5. The van der Waals surface area contributed by atoms with Crippen molar-refractivity contribution < 1.29 is 44.7 Å². The first-order valence-electron chi connectivity index (χ1n) is 16.9. The number of benzene rings is 3. The zero-order valence-corrected chi connectivity index (χ0v) is 29.0. The van der Waals surface area contributed by atoms with E-state index in [0.717, 1.165) is 11.1 Å². The van der Waals surface area contributed by atoms with Gasteiger partial charge in [0.2, 0.25) is 11.7 Å². The van der Waals surface area contributed by atoms with E-state index in [2.05, 4.69) is 10.6 Å². The van der Waals surface area contributed by atoms with Crippen molar-refractivity contribution in [3.05, 3.63) is 101 Å². The van der Waals surface area contributed by atoms with Crippen LogP contribution in [0.25, 0.3) is 0 Å². The van der Waals surface area contributed by atoms with Gasteiger partial charge in [-0.2, -0.15) is 0 Å². The Morgan fingerprint density at radius 3 is 1.98 bits per heavy atom. The molecular weight excluding hydrogens is 642 g/mol. The molecule has 4 unspecified atom stereocenters. The van der Waals surface area contributed by atoms with Crippen molar-refractivity contribution in [1.29, 1.82) is 0 Å². The minimum Gasteiger partial charge on any atom is -0.485 e. The Kier molecular flexibility index (Phi) is 12.8. The lowest BCUT2D eigenvalue weighted by Crippen LogP contribution is -2.62. The van der Waals surface area contributed by atoms with Crippen molar-refractivity contribution in [3.8, 4) is 5.75 Å². The topological polar surface area (TPSA) is 189 Å². The van der Waals surface area contributed by atoms with Crippen LogP contribution in [0.1, 0.15) is 55.4 Å². The van der Waals surface area contributed by atoms with Crippen molar-refractivity contribution >= 4 is 17.7 Å². The van der Waals surface area contributed by atoms with Crippen LogP contribution in [-0.2, 0) is 21.2 Å². The molecule has 1 saturated heterocycles. The number of para-hydroxylation sites is 1. The van der Waals surface area contributed by atoms with Crippen LogP contribution in [0, 0.1) is 25.7 Å².